The number of hydrogen-bond acceptors (Lipinski definition) is 3. The largest absolute Gasteiger partial charge is 0.375 e. The van der Waals surface area contributed by atoms with Crippen LogP contribution in [-0.2, 0) is 24.3 Å². The number of nitrogens with zero attached hydrogens (tertiary/aromatic N) is 1. The van der Waals surface area contributed by atoms with E-state index in [-0.39, 0.29) is 0 Å². The average Bonchev–Trinajstić information content (AvgIpc) is 2.27. The van der Waals surface area contributed by atoms with Crippen molar-refractivity contribution >= 4 is 0 Å². The first-order chi connectivity index (χ1) is 8.25. The minimum atomic E-state index is -0.520. The van der Waals surface area contributed by atoms with E-state index in [1.54, 1.807) is 4.57 Å². The summed E-state index contributed by atoms with van der Waals surface area (Å²) in [5, 5.41) is 0. The highest BCUT2D eigenvalue weighted by atomic mass is 16.5. The number of nitrogens with one attached hydrogen (secondary N) is 1. The summed E-state index contributed by atoms with van der Waals surface area (Å²) in [4.78, 5) is 26.1. The van der Waals surface area contributed by atoms with Gasteiger partial charge in [0.2, 0.25) is 0 Å². The van der Waals surface area contributed by atoms with Gasteiger partial charge in [0.25, 0.3) is 0 Å². The fourth-order valence-electron chi connectivity index (χ4n) is 2.55. The van der Waals surface area contributed by atoms with Crippen LogP contribution in [0.2, 0.25) is 0 Å². The summed E-state index contributed by atoms with van der Waals surface area (Å²) in [6.07, 6.45) is 4.30. The molecule has 3 rings (SSSR count). The molecule has 0 aromatic carbocycles. The van der Waals surface area contributed by atoms with Gasteiger partial charge in [0, 0.05) is 18.7 Å². The first-order valence-electron chi connectivity index (χ1n) is 6.18. The molecule has 0 spiro atoms. The van der Waals surface area contributed by atoms with E-state index >= 15 is 0 Å². The van der Waals surface area contributed by atoms with Gasteiger partial charge >= 0.3 is 11.1 Å². The first kappa shape index (κ1) is 10.8. The molecule has 2 heterocycles. The number of fused-ring (bicyclic) bond motifs is 1. The van der Waals surface area contributed by atoms with E-state index in [0.717, 1.165) is 11.4 Å². The molecule has 5 nitrogen and oxygen atoms in total. The van der Waals surface area contributed by atoms with Crippen molar-refractivity contribution in [3.63, 3.8) is 0 Å². The molecule has 0 saturated heterocycles. The lowest BCUT2D eigenvalue weighted by Crippen LogP contribution is -2.42. The van der Waals surface area contributed by atoms with E-state index < -0.39 is 11.1 Å². The molecule has 1 aliphatic carbocycles. The van der Waals surface area contributed by atoms with Gasteiger partial charge in [-0.1, -0.05) is 6.42 Å². The lowest BCUT2D eigenvalue weighted by Gasteiger charge is -2.28. The Morgan fingerprint density at radius 1 is 1.35 bits per heavy atom. The second-order valence-electron chi connectivity index (χ2n) is 4.89. The van der Waals surface area contributed by atoms with Gasteiger partial charge in [-0.25, -0.2) is 0 Å². The molecule has 0 bridgehead atoms. The number of H-pyrrole nitrogens is 1. The molecule has 0 radical (unpaired) electrons. The van der Waals surface area contributed by atoms with E-state index in [9.17, 15) is 9.59 Å². The van der Waals surface area contributed by atoms with Crippen LogP contribution >= 0.6 is 0 Å². The van der Waals surface area contributed by atoms with Crippen LogP contribution in [0.3, 0.4) is 0 Å². The van der Waals surface area contributed by atoms with Crippen molar-refractivity contribution < 1.29 is 4.74 Å². The van der Waals surface area contributed by atoms with Gasteiger partial charge < -0.3 is 14.3 Å². The Bertz CT molecular complexity index is 540. The van der Waals surface area contributed by atoms with Crippen molar-refractivity contribution in [3.8, 4) is 0 Å². The second kappa shape index (κ2) is 4.14. The summed E-state index contributed by atoms with van der Waals surface area (Å²) in [6, 6.07) is 0. The third-order valence-corrected chi connectivity index (χ3v) is 3.77. The number of aromatic amines is 1. The molecule has 0 unspecified atom stereocenters. The van der Waals surface area contributed by atoms with Gasteiger partial charge in [0.15, 0.2) is 0 Å². The summed E-state index contributed by atoms with van der Waals surface area (Å²) >= 11 is 0. The highest BCUT2D eigenvalue weighted by Crippen LogP contribution is 2.28. The minimum absolute atomic E-state index is 0.405. The van der Waals surface area contributed by atoms with E-state index in [0.29, 0.717) is 32.1 Å². The Kier molecular flexibility index (Phi) is 2.63. The normalized spacial score (nSPS) is 19.8. The van der Waals surface area contributed by atoms with Crippen LogP contribution in [0, 0.1) is 5.92 Å². The third-order valence-electron chi connectivity index (χ3n) is 3.77. The standard InChI is InChI=1S/C12H16N2O3/c15-11-12(16)14(6-8-2-1-3-8)10-4-5-17-7-9(10)13-11/h8H,1-7H2,(H,13,15). The third kappa shape index (κ3) is 1.84. The number of ether oxygens (including phenoxy) is 1. The molecule has 1 N–H and O–H groups in total. The quantitative estimate of drug-likeness (QED) is 0.756. The Hall–Kier alpha value is -1.36. The van der Waals surface area contributed by atoms with Gasteiger partial charge in [0.1, 0.15) is 0 Å². The summed E-state index contributed by atoms with van der Waals surface area (Å²) in [5.41, 5.74) is 0.819. The van der Waals surface area contributed by atoms with Crippen LogP contribution in [0.15, 0.2) is 9.59 Å². The highest BCUT2D eigenvalue weighted by Gasteiger charge is 2.23. The zero-order chi connectivity index (χ0) is 11.8. The van der Waals surface area contributed by atoms with E-state index in [1.807, 2.05) is 0 Å². The smallest absolute Gasteiger partial charge is 0.316 e. The molecule has 17 heavy (non-hydrogen) atoms. The van der Waals surface area contributed by atoms with Crippen molar-refractivity contribution in [3.05, 3.63) is 32.1 Å². The summed E-state index contributed by atoms with van der Waals surface area (Å²) < 4.78 is 6.99. The average molecular weight is 236 g/mol. The Labute approximate surface area is 98.4 Å². The molecule has 1 aliphatic heterocycles. The molecule has 1 aromatic rings. The maximum absolute atomic E-state index is 11.9. The topological polar surface area (TPSA) is 64.1 Å². The maximum atomic E-state index is 11.9. The van der Waals surface area contributed by atoms with Gasteiger partial charge in [-0.3, -0.25) is 9.59 Å². The van der Waals surface area contributed by atoms with Crippen LogP contribution in [0.25, 0.3) is 0 Å². The first-order valence-corrected chi connectivity index (χ1v) is 6.18. The fourth-order valence-corrected chi connectivity index (χ4v) is 2.55. The summed E-state index contributed by atoms with van der Waals surface area (Å²) in [7, 11) is 0. The molecule has 92 valence electrons. The van der Waals surface area contributed by atoms with Gasteiger partial charge in [0.05, 0.1) is 18.9 Å². The Morgan fingerprint density at radius 3 is 2.88 bits per heavy atom. The zero-order valence-corrected chi connectivity index (χ0v) is 9.70. The molecule has 0 amide bonds. The molecule has 0 atom stereocenters. The summed E-state index contributed by atoms with van der Waals surface area (Å²) in [6.45, 7) is 1.74. The maximum Gasteiger partial charge on any atom is 0.316 e. The van der Waals surface area contributed by atoms with Crippen molar-refractivity contribution in [2.75, 3.05) is 6.61 Å². The van der Waals surface area contributed by atoms with Crippen LogP contribution in [-0.4, -0.2) is 16.2 Å². The molecule has 1 saturated carbocycles. The molecular formula is C12H16N2O3. The number of aromatic nitrogens is 2. The molecule has 5 heteroatoms. The van der Waals surface area contributed by atoms with E-state index in [1.165, 1.54) is 19.3 Å². The summed E-state index contributed by atoms with van der Waals surface area (Å²) in [5.74, 6) is 0.571. The van der Waals surface area contributed by atoms with Crippen LogP contribution in [0.4, 0.5) is 0 Å². The SMILES string of the molecule is O=c1[nH]c2c(n(CC3CCC3)c1=O)CCOC2. The highest BCUT2D eigenvalue weighted by molar-refractivity contribution is 5.14. The predicted molar refractivity (Wildman–Crippen MR) is 62.0 cm³/mol. The van der Waals surface area contributed by atoms with Gasteiger partial charge in [-0.15, -0.1) is 0 Å². The lowest BCUT2D eigenvalue weighted by molar-refractivity contribution is 0.102. The second-order valence-corrected chi connectivity index (χ2v) is 4.89. The molecule has 1 fully saturated rings. The predicted octanol–water partition coefficient (Wildman–Crippen LogP) is 0.409. The van der Waals surface area contributed by atoms with Crippen LogP contribution < -0.4 is 11.1 Å². The van der Waals surface area contributed by atoms with Gasteiger partial charge in [-0.2, -0.15) is 0 Å². The van der Waals surface area contributed by atoms with Crippen molar-refractivity contribution in [1.82, 2.24) is 9.55 Å². The van der Waals surface area contributed by atoms with E-state index in [4.69, 9.17) is 4.74 Å². The van der Waals surface area contributed by atoms with Crippen LogP contribution in [0.1, 0.15) is 30.7 Å². The Balaban J connectivity index is 2.06. The van der Waals surface area contributed by atoms with Crippen molar-refractivity contribution in [2.24, 2.45) is 5.92 Å². The van der Waals surface area contributed by atoms with Crippen LogP contribution in [0.5, 0.6) is 0 Å². The van der Waals surface area contributed by atoms with Crippen molar-refractivity contribution in [2.45, 2.75) is 38.8 Å². The minimum Gasteiger partial charge on any atom is -0.375 e. The monoisotopic (exact) mass is 236 g/mol. The van der Waals surface area contributed by atoms with E-state index in [2.05, 4.69) is 4.98 Å². The van der Waals surface area contributed by atoms with Gasteiger partial charge in [-0.05, 0) is 18.8 Å². The zero-order valence-electron chi connectivity index (χ0n) is 9.70. The lowest BCUT2D eigenvalue weighted by atomic mass is 9.85. The number of hydrogen-bond donors (Lipinski definition) is 1. The van der Waals surface area contributed by atoms with Crippen molar-refractivity contribution in [1.29, 1.82) is 0 Å². The number of rotatable bonds is 2. The molecule has 1 aromatic heterocycles. The molecular weight excluding hydrogens is 220 g/mol. The molecule has 2 aliphatic rings. The Morgan fingerprint density at radius 2 is 2.18 bits per heavy atom. The fraction of sp³-hybridized carbons (Fsp3) is 0.667.